The van der Waals surface area contributed by atoms with E-state index in [4.69, 9.17) is 4.99 Å². The molecule has 4 heteroatoms. The molecule has 0 spiro atoms. The van der Waals surface area contributed by atoms with Gasteiger partial charge in [0, 0.05) is 54.7 Å². The second kappa shape index (κ2) is 9.15. The third-order valence-electron chi connectivity index (χ3n) is 6.75. The molecule has 0 amide bonds. The summed E-state index contributed by atoms with van der Waals surface area (Å²) in [6.45, 7) is 10.6. The molecule has 0 radical (unpaired) electrons. The van der Waals surface area contributed by atoms with Crippen molar-refractivity contribution in [1.82, 2.24) is 4.98 Å². The van der Waals surface area contributed by atoms with E-state index in [0.717, 1.165) is 42.8 Å². The summed E-state index contributed by atoms with van der Waals surface area (Å²) in [6.07, 6.45) is 12.3. The van der Waals surface area contributed by atoms with Gasteiger partial charge in [0.2, 0.25) is 5.56 Å². The van der Waals surface area contributed by atoms with E-state index in [-0.39, 0.29) is 11.5 Å². The van der Waals surface area contributed by atoms with Gasteiger partial charge in [-0.2, -0.15) is 0 Å². The Balaban J connectivity index is 1.69. The standard InChI is InChI=1S/C28H33N3O/c1-5-24-22-16-20(4)19-28(24,25-13-14-27(32)30-26(25)18-22)29-15-9-11-21-10-8-12-23(17-21)31(6-2)7-3/h5,8-17,22H,6-7,18-19H2,1-4H3,(H,30,32)/b11-9?,24-5+,29-15?/t22-,28+/m0/s1. The Morgan fingerprint density at radius 1 is 1.22 bits per heavy atom. The van der Waals surface area contributed by atoms with E-state index in [1.807, 2.05) is 18.4 Å². The van der Waals surface area contributed by atoms with Crippen LogP contribution in [0.3, 0.4) is 0 Å². The van der Waals surface area contributed by atoms with Gasteiger partial charge >= 0.3 is 0 Å². The van der Waals surface area contributed by atoms with Gasteiger partial charge in [0.15, 0.2) is 0 Å². The fourth-order valence-electron chi connectivity index (χ4n) is 5.39. The molecule has 2 bridgehead atoms. The van der Waals surface area contributed by atoms with Crippen molar-refractivity contribution in [1.29, 1.82) is 0 Å². The predicted molar refractivity (Wildman–Crippen MR) is 136 cm³/mol. The molecule has 4 nitrogen and oxygen atoms in total. The Hall–Kier alpha value is -3.14. The Labute approximate surface area is 191 Å². The van der Waals surface area contributed by atoms with Crippen molar-refractivity contribution in [2.24, 2.45) is 10.9 Å². The van der Waals surface area contributed by atoms with Crippen LogP contribution in [0.5, 0.6) is 0 Å². The van der Waals surface area contributed by atoms with Crippen LogP contribution in [0.15, 0.2) is 75.6 Å². The maximum Gasteiger partial charge on any atom is 0.248 e. The highest BCUT2D eigenvalue weighted by molar-refractivity contribution is 5.80. The van der Waals surface area contributed by atoms with E-state index in [9.17, 15) is 4.79 Å². The lowest BCUT2D eigenvalue weighted by atomic mass is 9.63. The summed E-state index contributed by atoms with van der Waals surface area (Å²) in [4.78, 5) is 22.6. The van der Waals surface area contributed by atoms with Gasteiger partial charge in [-0.3, -0.25) is 9.79 Å². The Morgan fingerprint density at radius 3 is 2.78 bits per heavy atom. The predicted octanol–water partition coefficient (Wildman–Crippen LogP) is 5.67. The number of pyridine rings is 1. The molecular formula is C28H33N3O. The molecule has 2 aromatic rings. The van der Waals surface area contributed by atoms with Crippen molar-refractivity contribution in [2.75, 3.05) is 18.0 Å². The minimum absolute atomic E-state index is 0.0430. The van der Waals surface area contributed by atoms with Crippen LogP contribution in [0.4, 0.5) is 5.69 Å². The molecule has 32 heavy (non-hydrogen) atoms. The number of hydrogen-bond donors (Lipinski definition) is 1. The van der Waals surface area contributed by atoms with Crippen molar-refractivity contribution < 1.29 is 0 Å². The molecule has 1 aromatic carbocycles. The number of rotatable bonds is 6. The summed E-state index contributed by atoms with van der Waals surface area (Å²) in [5, 5.41) is 0. The largest absolute Gasteiger partial charge is 0.372 e. The summed E-state index contributed by atoms with van der Waals surface area (Å²) in [5.41, 5.74) is 6.75. The summed E-state index contributed by atoms with van der Waals surface area (Å²) >= 11 is 0. The number of allylic oxidation sites excluding steroid dienone is 3. The van der Waals surface area contributed by atoms with E-state index >= 15 is 0 Å². The van der Waals surface area contributed by atoms with Gasteiger partial charge in [-0.1, -0.05) is 35.9 Å². The summed E-state index contributed by atoms with van der Waals surface area (Å²) in [6, 6.07) is 12.2. The first-order valence-electron chi connectivity index (χ1n) is 11.6. The van der Waals surface area contributed by atoms with Crippen LogP contribution < -0.4 is 10.5 Å². The van der Waals surface area contributed by atoms with Gasteiger partial charge in [0.1, 0.15) is 5.54 Å². The number of aliphatic imine (C=N–C) groups is 1. The summed E-state index contributed by atoms with van der Waals surface area (Å²) in [5.74, 6) is 0.284. The third-order valence-corrected chi connectivity index (χ3v) is 6.75. The van der Waals surface area contributed by atoms with Crippen LogP contribution in [0, 0.1) is 5.92 Å². The number of anilines is 1. The molecule has 0 saturated heterocycles. The first-order valence-corrected chi connectivity index (χ1v) is 11.6. The molecule has 4 rings (SSSR count). The molecule has 0 saturated carbocycles. The zero-order valence-electron chi connectivity index (χ0n) is 19.6. The fraction of sp³-hybridized carbons (Fsp3) is 0.357. The van der Waals surface area contributed by atoms with Gasteiger partial charge in [0.25, 0.3) is 0 Å². The lowest BCUT2D eigenvalue weighted by Crippen LogP contribution is -2.40. The molecule has 166 valence electrons. The zero-order chi connectivity index (χ0) is 22.7. The molecule has 2 aliphatic rings. The number of H-pyrrole nitrogens is 1. The second-order valence-corrected chi connectivity index (χ2v) is 8.72. The number of hydrogen-bond acceptors (Lipinski definition) is 3. The van der Waals surface area contributed by atoms with E-state index in [1.165, 1.54) is 16.8 Å². The van der Waals surface area contributed by atoms with E-state index < -0.39 is 5.54 Å². The van der Waals surface area contributed by atoms with Crippen molar-refractivity contribution in [3.8, 4) is 0 Å². The third kappa shape index (κ3) is 4.02. The van der Waals surface area contributed by atoms with E-state index in [1.54, 1.807) is 6.07 Å². The van der Waals surface area contributed by atoms with Crippen molar-refractivity contribution in [3.05, 3.63) is 92.9 Å². The second-order valence-electron chi connectivity index (χ2n) is 8.72. The van der Waals surface area contributed by atoms with Gasteiger partial charge in [-0.05, 0) is 69.5 Å². The minimum atomic E-state index is -0.441. The first-order chi connectivity index (χ1) is 15.5. The quantitative estimate of drug-likeness (QED) is 0.477. The Bertz CT molecular complexity index is 1160. The van der Waals surface area contributed by atoms with Gasteiger partial charge in [-0.25, -0.2) is 0 Å². The highest BCUT2D eigenvalue weighted by Gasteiger charge is 2.46. The first kappa shape index (κ1) is 22.1. The van der Waals surface area contributed by atoms with Crippen LogP contribution in [0.2, 0.25) is 0 Å². The molecule has 0 unspecified atom stereocenters. The number of benzene rings is 1. The maximum absolute atomic E-state index is 12.0. The minimum Gasteiger partial charge on any atom is -0.372 e. The Morgan fingerprint density at radius 2 is 2.03 bits per heavy atom. The average molecular weight is 428 g/mol. The van der Waals surface area contributed by atoms with E-state index in [0.29, 0.717) is 0 Å². The smallest absolute Gasteiger partial charge is 0.248 e. The van der Waals surface area contributed by atoms with Crippen molar-refractivity contribution in [2.45, 2.75) is 46.1 Å². The van der Waals surface area contributed by atoms with Gasteiger partial charge in [0.05, 0.1) is 0 Å². The lowest BCUT2D eigenvalue weighted by molar-refractivity contribution is 0.413. The maximum atomic E-state index is 12.0. The van der Waals surface area contributed by atoms with Gasteiger partial charge < -0.3 is 9.88 Å². The number of nitrogens with zero attached hydrogens (tertiary/aromatic N) is 2. The molecule has 1 N–H and O–H groups in total. The average Bonchev–Trinajstić information content (AvgIpc) is 2.77. The number of fused-ring (bicyclic) bond motifs is 4. The van der Waals surface area contributed by atoms with Crippen LogP contribution in [-0.4, -0.2) is 24.3 Å². The molecule has 1 aromatic heterocycles. The zero-order valence-corrected chi connectivity index (χ0v) is 19.6. The molecule has 0 fully saturated rings. The summed E-state index contributed by atoms with van der Waals surface area (Å²) in [7, 11) is 0. The van der Waals surface area contributed by atoms with E-state index in [2.05, 4.69) is 80.1 Å². The fourth-order valence-corrected chi connectivity index (χ4v) is 5.39. The van der Waals surface area contributed by atoms with Crippen LogP contribution in [-0.2, 0) is 12.0 Å². The normalized spacial score (nSPS) is 23.6. The number of nitrogens with one attached hydrogen (secondary N) is 1. The molecule has 1 heterocycles. The molecule has 2 atom stereocenters. The monoisotopic (exact) mass is 427 g/mol. The van der Waals surface area contributed by atoms with Crippen molar-refractivity contribution >= 4 is 18.0 Å². The Kier molecular flexibility index (Phi) is 6.31. The van der Waals surface area contributed by atoms with Gasteiger partial charge in [-0.15, -0.1) is 0 Å². The molecule has 0 aliphatic heterocycles. The molecular weight excluding hydrogens is 394 g/mol. The SMILES string of the molecule is C/C=C1\[C@H]2C=C(C)C[C@]1(N=CC=Cc1cccc(N(CC)CC)c1)c1ccc(=O)[nH]c1C2. The lowest BCUT2D eigenvalue weighted by Gasteiger charge is -2.45. The highest BCUT2D eigenvalue weighted by atomic mass is 16.1. The summed E-state index contributed by atoms with van der Waals surface area (Å²) < 4.78 is 0. The highest BCUT2D eigenvalue weighted by Crippen LogP contribution is 2.51. The van der Waals surface area contributed by atoms with Crippen LogP contribution in [0.25, 0.3) is 6.08 Å². The van der Waals surface area contributed by atoms with Crippen LogP contribution >= 0.6 is 0 Å². The number of aromatic amines is 1. The topological polar surface area (TPSA) is 48.5 Å². The number of aromatic nitrogens is 1. The van der Waals surface area contributed by atoms with Crippen LogP contribution in [0.1, 0.15) is 50.9 Å². The molecule has 2 aliphatic carbocycles. The van der Waals surface area contributed by atoms with Crippen molar-refractivity contribution in [3.63, 3.8) is 0 Å².